The molecule has 0 atom stereocenters. The molecule has 1 N–H and O–H groups in total. The van der Waals surface area contributed by atoms with Gasteiger partial charge in [0.1, 0.15) is 5.82 Å². The van der Waals surface area contributed by atoms with Crippen LogP contribution in [-0.2, 0) is 13.1 Å². The summed E-state index contributed by atoms with van der Waals surface area (Å²) in [5.41, 5.74) is 2.01. The lowest BCUT2D eigenvalue weighted by Crippen LogP contribution is -2.11. The minimum atomic E-state index is -0.366. The number of halogens is 2. The molecule has 1 aromatic carbocycles. The molecular weight excluding hydrogens is 251 g/mol. The first kappa shape index (κ1) is 13.1. The van der Waals surface area contributed by atoms with Crippen LogP contribution >= 0.6 is 11.6 Å². The molecule has 0 saturated heterocycles. The van der Waals surface area contributed by atoms with Crippen LogP contribution in [0.5, 0.6) is 0 Å². The van der Waals surface area contributed by atoms with Crippen molar-refractivity contribution in [2.75, 3.05) is 6.54 Å². The summed E-state index contributed by atoms with van der Waals surface area (Å²) >= 11 is 5.93. The molecular formula is C14H16ClFN2. The van der Waals surface area contributed by atoms with Gasteiger partial charge in [0.2, 0.25) is 0 Å². The van der Waals surface area contributed by atoms with Crippen molar-refractivity contribution >= 4 is 11.6 Å². The fourth-order valence-corrected chi connectivity index (χ4v) is 2.02. The van der Waals surface area contributed by atoms with Crippen LogP contribution in [0.15, 0.2) is 36.7 Å². The molecule has 0 amide bonds. The first-order valence-corrected chi connectivity index (χ1v) is 6.36. The van der Waals surface area contributed by atoms with Gasteiger partial charge in [-0.15, -0.1) is 0 Å². The monoisotopic (exact) mass is 266 g/mol. The summed E-state index contributed by atoms with van der Waals surface area (Å²) in [7, 11) is 0. The van der Waals surface area contributed by atoms with Crippen molar-refractivity contribution in [2.24, 2.45) is 0 Å². The number of rotatable bonds is 5. The molecule has 0 saturated carbocycles. The van der Waals surface area contributed by atoms with E-state index >= 15 is 0 Å². The first-order valence-electron chi connectivity index (χ1n) is 5.99. The normalized spacial score (nSPS) is 10.8. The van der Waals surface area contributed by atoms with Crippen molar-refractivity contribution in [1.29, 1.82) is 0 Å². The molecule has 0 radical (unpaired) electrons. The van der Waals surface area contributed by atoms with Gasteiger partial charge < -0.3 is 9.88 Å². The molecule has 2 nitrogen and oxygen atoms in total. The number of benzene rings is 1. The van der Waals surface area contributed by atoms with E-state index in [1.165, 1.54) is 11.6 Å². The van der Waals surface area contributed by atoms with Gasteiger partial charge in [0, 0.05) is 25.5 Å². The van der Waals surface area contributed by atoms with E-state index in [0.29, 0.717) is 6.54 Å². The van der Waals surface area contributed by atoms with E-state index in [1.54, 1.807) is 6.07 Å². The smallest absolute Gasteiger partial charge is 0.142 e. The first-order chi connectivity index (χ1) is 8.70. The quantitative estimate of drug-likeness (QED) is 0.877. The molecule has 96 valence electrons. The van der Waals surface area contributed by atoms with Crippen molar-refractivity contribution in [3.63, 3.8) is 0 Å². The third kappa shape index (κ3) is 3.12. The van der Waals surface area contributed by atoms with Crippen LogP contribution in [0.25, 0.3) is 0 Å². The Balaban J connectivity index is 2.09. The van der Waals surface area contributed by atoms with Crippen molar-refractivity contribution in [3.05, 3.63) is 58.6 Å². The van der Waals surface area contributed by atoms with Gasteiger partial charge in [-0.05, 0) is 29.8 Å². The Hall–Kier alpha value is -1.32. The lowest BCUT2D eigenvalue weighted by Gasteiger charge is -2.06. The van der Waals surface area contributed by atoms with Gasteiger partial charge >= 0.3 is 0 Å². The molecule has 0 aliphatic heterocycles. The topological polar surface area (TPSA) is 17.0 Å². The summed E-state index contributed by atoms with van der Waals surface area (Å²) in [4.78, 5) is 0. The molecule has 2 aromatic rings. The highest BCUT2D eigenvalue weighted by Gasteiger charge is 2.06. The van der Waals surface area contributed by atoms with Gasteiger partial charge in [-0.3, -0.25) is 0 Å². The predicted octanol–water partition coefficient (Wildman–Crippen LogP) is 3.44. The van der Waals surface area contributed by atoms with Crippen LogP contribution < -0.4 is 5.32 Å². The minimum Gasteiger partial charge on any atom is -0.350 e. The van der Waals surface area contributed by atoms with E-state index in [0.717, 1.165) is 18.7 Å². The van der Waals surface area contributed by atoms with Crippen LogP contribution in [0.3, 0.4) is 0 Å². The summed E-state index contributed by atoms with van der Waals surface area (Å²) in [6, 6.07) is 6.95. The summed E-state index contributed by atoms with van der Waals surface area (Å²) in [6.45, 7) is 4.45. The predicted molar refractivity (Wildman–Crippen MR) is 72.3 cm³/mol. The van der Waals surface area contributed by atoms with Crippen LogP contribution in [-0.4, -0.2) is 11.1 Å². The molecule has 0 bridgehead atoms. The maximum Gasteiger partial charge on any atom is 0.142 e. The lowest BCUT2D eigenvalue weighted by molar-refractivity contribution is 0.624. The van der Waals surface area contributed by atoms with Crippen molar-refractivity contribution in [3.8, 4) is 0 Å². The van der Waals surface area contributed by atoms with Crippen LogP contribution in [0, 0.1) is 5.82 Å². The van der Waals surface area contributed by atoms with E-state index in [2.05, 4.69) is 18.3 Å². The minimum absolute atomic E-state index is 0.208. The van der Waals surface area contributed by atoms with Gasteiger partial charge in [0.05, 0.1) is 5.02 Å². The summed E-state index contributed by atoms with van der Waals surface area (Å²) in [5, 5.41) is 3.47. The second-order valence-corrected chi connectivity index (χ2v) is 4.56. The van der Waals surface area contributed by atoms with Crippen LogP contribution in [0.4, 0.5) is 4.39 Å². The Morgan fingerprint density at radius 1 is 1.33 bits per heavy atom. The van der Waals surface area contributed by atoms with Gasteiger partial charge in [0.25, 0.3) is 0 Å². The zero-order valence-corrected chi connectivity index (χ0v) is 11.0. The Labute approximate surface area is 111 Å². The molecule has 0 aliphatic carbocycles. The SMILES string of the molecule is CCNCc1ccn(Cc2cccc(F)c2Cl)c1. The number of hydrogen-bond donors (Lipinski definition) is 1. The summed E-state index contributed by atoms with van der Waals surface area (Å²) < 4.78 is 15.3. The third-order valence-corrected chi connectivity index (χ3v) is 3.20. The molecule has 0 unspecified atom stereocenters. The second-order valence-electron chi connectivity index (χ2n) is 4.19. The average molecular weight is 267 g/mol. The van der Waals surface area contributed by atoms with Gasteiger partial charge in [-0.2, -0.15) is 0 Å². The number of aromatic nitrogens is 1. The maximum atomic E-state index is 13.3. The molecule has 1 heterocycles. The zero-order chi connectivity index (χ0) is 13.0. The Morgan fingerprint density at radius 2 is 2.17 bits per heavy atom. The van der Waals surface area contributed by atoms with Crippen LogP contribution in [0.2, 0.25) is 5.02 Å². The zero-order valence-electron chi connectivity index (χ0n) is 10.3. The third-order valence-electron chi connectivity index (χ3n) is 2.78. The summed E-state index contributed by atoms with van der Waals surface area (Å²) in [6.07, 6.45) is 4.03. The Morgan fingerprint density at radius 3 is 2.94 bits per heavy atom. The largest absolute Gasteiger partial charge is 0.350 e. The number of hydrogen-bond acceptors (Lipinski definition) is 1. The highest BCUT2D eigenvalue weighted by atomic mass is 35.5. The highest BCUT2D eigenvalue weighted by molar-refractivity contribution is 6.31. The molecule has 0 fully saturated rings. The molecule has 2 rings (SSSR count). The molecule has 0 aliphatic rings. The van der Waals surface area contributed by atoms with Crippen molar-refractivity contribution in [1.82, 2.24) is 9.88 Å². The van der Waals surface area contributed by atoms with Crippen molar-refractivity contribution in [2.45, 2.75) is 20.0 Å². The van der Waals surface area contributed by atoms with E-state index in [9.17, 15) is 4.39 Å². The van der Waals surface area contributed by atoms with Crippen LogP contribution in [0.1, 0.15) is 18.1 Å². The average Bonchev–Trinajstić information content (AvgIpc) is 2.80. The van der Waals surface area contributed by atoms with E-state index < -0.39 is 0 Å². The summed E-state index contributed by atoms with van der Waals surface area (Å²) in [5.74, 6) is -0.366. The molecule has 1 aromatic heterocycles. The molecule has 4 heteroatoms. The Kier molecular flexibility index (Phi) is 4.39. The van der Waals surface area contributed by atoms with Gasteiger partial charge in [0.15, 0.2) is 0 Å². The Bertz CT molecular complexity index is 522. The van der Waals surface area contributed by atoms with E-state index in [-0.39, 0.29) is 10.8 Å². The highest BCUT2D eigenvalue weighted by Crippen LogP contribution is 2.20. The maximum absolute atomic E-state index is 13.3. The lowest BCUT2D eigenvalue weighted by atomic mass is 10.2. The van der Waals surface area contributed by atoms with E-state index in [1.807, 2.05) is 23.0 Å². The number of nitrogens with one attached hydrogen (secondary N) is 1. The standard InChI is InChI=1S/C14H16ClFN2/c1-2-17-8-11-6-7-18(9-11)10-12-4-3-5-13(16)14(12)15/h3-7,9,17H,2,8,10H2,1H3. The molecule has 0 spiro atoms. The fraction of sp³-hybridized carbons (Fsp3) is 0.286. The van der Waals surface area contributed by atoms with Gasteiger partial charge in [-0.1, -0.05) is 30.7 Å². The second kappa shape index (κ2) is 6.03. The fourth-order valence-electron chi connectivity index (χ4n) is 1.83. The number of nitrogens with zero attached hydrogens (tertiary/aromatic N) is 1. The van der Waals surface area contributed by atoms with E-state index in [4.69, 9.17) is 11.6 Å². The van der Waals surface area contributed by atoms with Crippen molar-refractivity contribution < 1.29 is 4.39 Å². The molecule has 18 heavy (non-hydrogen) atoms. The van der Waals surface area contributed by atoms with Gasteiger partial charge in [-0.25, -0.2) is 4.39 Å².